The van der Waals surface area contributed by atoms with E-state index in [4.69, 9.17) is 5.73 Å². The Morgan fingerprint density at radius 2 is 1.65 bits per heavy atom. The first kappa shape index (κ1) is 18.9. The van der Waals surface area contributed by atoms with Crippen molar-refractivity contribution in [1.82, 2.24) is 0 Å². The average molecular weight is 307 g/mol. The van der Waals surface area contributed by atoms with Crippen molar-refractivity contribution in [3.8, 4) is 0 Å². The van der Waals surface area contributed by atoms with Crippen LogP contribution >= 0.6 is 0 Å². The van der Waals surface area contributed by atoms with Gasteiger partial charge in [0.05, 0.1) is 0 Å². The molecule has 0 aliphatic heterocycles. The predicted octanol–water partition coefficient (Wildman–Crippen LogP) is -3.02. The van der Waals surface area contributed by atoms with E-state index in [0.29, 0.717) is 0 Å². The molecule has 10 heteroatoms. The molecular formula is C10H10KN3O6. The molecule has 1 aliphatic carbocycles. The number of amides is 1. The molecule has 20 heavy (non-hydrogen) atoms. The van der Waals surface area contributed by atoms with E-state index >= 15 is 0 Å². The van der Waals surface area contributed by atoms with Crippen molar-refractivity contribution in [3.63, 3.8) is 0 Å². The third kappa shape index (κ3) is 4.49. The van der Waals surface area contributed by atoms with E-state index < -0.39 is 45.3 Å². The molecule has 0 heterocycles. The van der Waals surface area contributed by atoms with Gasteiger partial charge in [-0.05, 0) is 19.3 Å². The standard InChI is InChI=1S/C10H10N3O6.K/c1-5(14)2-7-8(12(16)17)3-6(10(11)15)4-9(7)13(18)19;/h3-4,6H,2H2,1H3,(H2,11,15);/q-1;+1. The second-order valence-corrected chi connectivity index (χ2v) is 3.90. The molecule has 2 N–H and O–H groups in total. The van der Waals surface area contributed by atoms with Crippen molar-refractivity contribution in [1.29, 1.82) is 0 Å². The summed E-state index contributed by atoms with van der Waals surface area (Å²) in [6.45, 7) is 1.16. The van der Waals surface area contributed by atoms with Gasteiger partial charge in [0.1, 0.15) is 5.78 Å². The molecule has 1 rings (SSSR count). The summed E-state index contributed by atoms with van der Waals surface area (Å²) < 4.78 is 0. The van der Waals surface area contributed by atoms with Gasteiger partial charge < -0.3 is 10.5 Å². The van der Waals surface area contributed by atoms with E-state index in [2.05, 4.69) is 0 Å². The predicted molar refractivity (Wildman–Crippen MR) is 61.4 cm³/mol. The number of primary amides is 1. The molecule has 1 aliphatic rings. The zero-order valence-electron chi connectivity index (χ0n) is 10.9. The molecule has 0 unspecified atom stereocenters. The van der Waals surface area contributed by atoms with Crippen molar-refractivity contribution < 1.29 is 70.8 Å². The quantitative estimate of drug-likeness (QED) is 0.247. The van der Waals surface area contributed by atoms with Crippen LogP contribution in [0, 0.1) is 32.1 Å². The molecule has 0 aromatic carbocycles. The fraction of sp³-hybridized carbons (Fsp3) is 0.300. The van der Waals surface area contributed by atoms with E-state index in [1.807, 2.05) is 0 Å². The first-order valence-electron chi connectivity index (χ1n) is 5.11. The van der Waals surface area contributed by atoms with Gasteiger partial charge in [0.2, 0.25) is 5.91 Å². The Balaban J connectivity index is 0.00000361. The van der Waals surface area contributed by atoms with Gasteiger partial charge in [0.25, 0.3) is 0 Å². The maximum absolute atomic E-state index is 11.1. The molecule has 102 valence electrons. The Morgan fingerprint density at radius 1 is 1.25 bits per heavy atom. The zero-order valence-corrected chi connectivity index (χ0v) is 14.0. The van der Waals surface area contributed by atoms with E-state index in [1.54, 1.807) is 0 Å². The number of nitro groups is 2. The number of carbonyl (C=O) groups excluding carboxylic acids is 2. The zero-order chi connectivity index (χ0) is 14.7. The molecule has 9 nitrogen and oxygen atoms in total. The number of rotatable bonds is 5. The Bertz CT molecular complexity index is 495. The number of nitrogens with two attached hydrogens (primary N) is 1. The summed E-state index contributed by atoms with van der Waals surface area (Å²) in [5.74, 6) is -2.97. The third-order valence-electron chi connectivity index (χ3n) is 2.44. The monoisotopic (exact) mass is 307 g/mol. The smallest absolute Gasteiger partial charge is 0.371 e. The van der Waals surface area contributed by atoms with E-state index in [1.165, 1.54) is 0 Å². The first-order chi connectivity index (χ1) is 8.73. The van der Waals surface area contributed by atoms with Crippen LogP contribution in [-0.4, -0.2) is 21.5 Å². The molecule has 0 aromatic heterocycles. The third-order valence-corrected chi connectivity index (χ3v) is 2.44. The summed E-state index contributed by atoms with van der Waals surface area (Å²) in [4.78, 5) is 42.1. The second-order valence-electron chi connectivity index (χ2n) is 3.90. The minimum Gasteiger partial charge on any atom is -0.371 e. The minimum absolute atomic E-state index is 0. The minimum atomic E-state index is -1.24. The summed E-state index contributed by atoms with van der Waals surface area (Å²) in [6.07, 6.45) is 1.37. The maximum atomic E-state index is 11.1. The van der Waals surface area contributed by atoms with Gasteiger partial charge in [0.15, 0.2) is 11.4 Å². The Hall–Kier alpha value is -1.07. The van der Waals surface area contributed by atoms with Crippen molar-refractivity contribution in [2.45, 2.75) is 13.3 Å². The van der Waals surface area contributed by atoms with Gasteiger partial charge in [-0.1, -0.05) is 12.2 Å². The number of Topliss-reactive ketones (excluding diaryl/α,β-unsaturated/α-hetero) is 1. The number of hydrogen-bond donors (Lipinski definition) is 1. The fourth-order valence-electron chi connectivity index (χ4n) is 1.66. The van der Waals surface area contributed by atoms with Gasteiger partial charge in [-0.15, -0.1) is 0 Å². The first-order valence-corrected chi connectivity index (χ1v) is 5.11. The van der Waals surface area contributed by atoms with Crippen LogP contribution in [0.5, 0.6) is 0 Å². The second kappa shape index (κ2) is 7.64. The van der Waals surface area contributed by atoms with Crippen molar-refractivity contribution in [3.05, 3.63) is 49.7 Å². The molecule has 0 fully saturated rings. The maximum Gasteiger partial charge on any atom is 1.00 e. The van der Waals surface area contributed by atoms with E-state index in [0.717, 1.165) is 19.1 Å². The van der Waals surface area contributed by atoms with Crippen LogP contribution in [-0.2, 0) is 9.59 Å². The van der Waals surface area contributed by atoms with Crippen LogP contribution in [0.2, 0.25) is 0 Å². The summed E-state index contributed by atoms with van der Waals surface area (Å²) in [7, 11) is 0. The average Bonchev–Trinajstić information content (AvgIpc) is 2.27. The van der Waals surface area contributed by atoms with Crippen molar-refractivity contribution in [2.24, 2.45) is 11.7 Å². The summed E-state index contributed by atoms with van der Waals surface area (Å²) in [5, 5.41) is 21.8. The largest absolute Gasteiger partial charge is 1.00 e. The molecule has 0 saturated heterocycles. The fourth-order valence-corrected chi connectivity index (χ4v) is 1.66. The molecule has 0 spiro atoms. The van der Waals surface area contributed by atoms with Crippen molar-refractivity contribution in [2.75, 3.05) is 0 Å². The Kier molecular flexibility index (Phi) is 7.23. The van der Waals surface area contributed by atoms with Gasteiger partial charge >= 0.3 is 51.4 Å². The topological polar surface area (TPSA) is 146 Å². The van der Waals surface area contributed by atoms with Crippen LogP contribution in [0.1, 0.15) is 13.3 Å². The molecule has 0 bridgehead atoms. The summed E-state index contributed by atoms with van der Waals surface area (Å²) in [5.41, 5.74) is 3.73. The van der Waals surface area contributed by atoms with Crippen LogP contribution in [0.4, 0.5) is 0 Å². The molecule has 0 radical (unpaired) electrons. The SMILES string of the molecule is CC(=O)C[C-]1C([N+](=O)[O-])=CC(C(N)=O)C=C1[N+](=O)[O-].[K+]. The molecular weight excluding hydrogens is 297 g/mol. The van der Waals surface area contributed by atoms with Crippen LogP contribution in [0.15, 0.2) is 23.5 Å². The van der Waals surface area contributed by atoms with Gasteiger partial charge in [-0.2, -0.15) is 0 Å². The van der Waals surface area contributed by atoms with Gasteiger partial charge in [-0.25, -0.2) is 0 Å². The molecule has 0 saturated carbocycles. The van der Waals surface area contributed by atoms with E-state index in [9.17, 15) is 29.8 Å². The number of carbonyl (C=O) groups is 2. The van der Waals surface area contributed by atoms with Crippen LogP contribution in [0.3, 0.4) is 0 Å². The number of ketones is 1. The number of nitrogens with zero attached hydrogens (tertiary/aromatic N) is 2. The van der Waals surface area contributed by atoms with Crippen LogP contribution < -0.4 is 57.1 Å². The van der Waals surface area contributed by atoms with E-state index in [-0.39, 0.29) is 57.3 Å². The van der Waals surface area contributed by atoms with Crippen molar-refractivity contribution >= 4 is 11.7 Å². The number of hydrogen-bond acceptors (Lipinski definition) is 6. The van der Waals surface area contributed by atoms with Gasteiger partial charge in [0, 0.05) is 15.8 Å². The normalized spacial score (nSPS) is 14.8. The summed E-state index contributed by atoms with van der Waals surface area (Å²) in [6, 6.07) is 0. The Morgan fingerprint density at radius 3 is 1.90 bits per heavy atom. The Labute approximate surface area is 156 Å². The van der Waals surface area contributed by atoms with Gasteiger partial charge in [-0.3, -0.25) is 25.0 Å². The van der Waals surface area contributed by atoms with Crippen LogP contribution in [0.25, 0.3) is 0 Å². The summed E-state index contributed by atoms with van der Waals surface area (Å²) >= 11 is 0. The molecule has 0 atom stereocenters. The molecule has 0 aromatic rings. The molecule has 1 amide bonds.